The molecule has 0 amide bonds. The van der Waals surface area contributed by atoms with E-state index in [2.05, 4.69) is 50.9 Å². The molecule has 0 nitrogen and oxygen atoms in total. The summed E-state index contributed by atoms with van der Waals surface area (Å²) in [5.41, 5.74) is 1.34. The van der Waals surface area contributed by atoms with Crippen LogP contribution in [0, 0.1) is 0 Å². The van der Waals surface area contributed by atoms with Crippen LogP contribution in [0.5, 0.6) is 0 Å². The van der Waals surface area contributed by atoms with E-state index in [9.17, 15) is 0 Å². The molecule has 0 unspecified atom stereocenters. The predicted molar refractivity (Wildman–Crippen MR) is 51.2 cm³/mol. The first-order chi connectivity index (χ1) is 4.74. The second kappa shape index (κ2) is 3.54. The van der Waals surface area contributed by atoms with E-state index in [1.54, 1.807) is 0 Å². The molecule has 1 aromatic carbocycles. The molecule has 0 aliphatic heterocycles. The zero-order valence-electron chi connectivity index (χ0n) is 5.70. The van der Waals surface area contributed by atoms with Gasteiger partial charge in [-0.1, -0.05) is 38.8 Å². The number of rotatable bonds is 1. The van der Waals surface area contributed by atoms with Crippen molar-refractivity contribution in [2.45, 2.75) is 13.3 Å². The van der Waals surface area contributed by atoms with Crippen LogP contribution in [-0.2, 0) is 6.42 Å². The molecule has 0 aliphatic carbocycles. The summed E-state index contributed by atoms with van der Waals surface area (Å²) < 4.78 is 2.34. The van der Waals surface area contributed by atoms with Crippen LogP contribution in [0.2, 0.25) is 0 Å². The van der Waals surface area contributed by atoms with Crippen molar-refractivity contribution in [2.75, 3.05) is 0 Å². The molecule has 0 atom stereocenters. The van der Waals surface area contributed by atoms with Gasteiger partial charge in [-0.15, -0.1) is 0 Å². The molecule has 2 heteroatoms. The maximum absolute atomic E-state index is 3.47. The lowest BCUT2D eigenvalue weighted by atomic mass is 10.2. The highest BCUT2D eigenvalue weighted by atomic mass is 79.9. The predicted octanol–water partition coefficient (Wildman–Crippen LogP) is 3.77. The van der Waals surface area contributed by atoms with E-state index in [0.29, 0.717) is 0 Å². The lowest BCUT2D eigenvalue weighted by Gasteiger charge is -1.99. The number of aryl methyl sites for hydroxylation is 1. The molecule has 1 rings (SSSR count). The van der Waals surface area contributed by atoms with Gasteiger partial charge in [-0.05, 0) is 30.2 Å². The van der Waals surface area contributed by atoms with Crippen molar-refractivity contribution in [1.82, 2.24) is 0 Å². The zero-order chi connectivity index (χ0) is 7.56. The van der Waals surface area contributed by atoms with Crippen molar-refractivity contribution in [3.63, 3.8) is 0 Å². The van der Waals surface area contributed by atoms with Gasteiger partial charge in [0.05, 0.1) is 0 Å². The minimum atomic E-state index is 1.07. The van der Waals surface area contributed by atoms with Gasteiger partial charge >= 0.3 is 0 Å². The Bertz CT molecular complexity index is 231. The lowest BCUT2D eigenvalue weighted by molar-refractivity contribution is 1.12. The van der Waals surface area contributed by atoms with Crippen LogP contribution in [0.1, 0.15) is 12.5 Å². The molecule has 0 fully saturated rings. The monoisotopic (exact) mass is 262 g/mol. The second-order valence-corrected chi connectivity index (χ2v) is 3.86. The van der Waals surface area contributed by atoms with Gasteiger partial charge in [-0.3, -0.25) is 0 Å². The number of benzene rings is 1. The maximum Gasteiger partial charge on any atom is 0.0207 e. The van der Waals surface area contributed by atoms with Gasteiger partial charge in [-0.2, -0.15) is 0 Å². The quantitative estimate of drug-likeness (QED) is 0.724. The summed E-state index contributed by atoms with van der Waals surface area (Å²) in [5.74, 6) is 0. The molecular weight excluding hydrogens is 256 g/mol. The Hall–Kier alpha value is 0.180. The van der Waals surface area contributed by atoms with Gasteiger partial charge in [0.1, 0.15) is 0 Å². The van der Waals surface area contributed by atoms with Crippen molar-refractivity contribution in [1.29, 1.82) is 0 Å². The molecule has 0 saturated carbocycles. The average Bonchev–Trinajstić information content (AvgIpc) is 1.94. The summed E-state index contributed by atoms with van der Waals surface area (Å²) in [5, 5.41) is 0. The minimum absolute atomic E-state index is 1.07. The fourth-order valence-electron chi connectivity index (χ4n) is 0.814. The van der Waals surface area contributed by atoms with E-state index in [1.165, 1.54) is 10.0 Å². The van der Waals surface area contributed by atoms with Gasteiger partial charge in [0, 0.05) is 8.95 Å². The molecule has 0 radical (unpaired) electrons. The van der Waals surface area contributed by atoms with Gasteiger partial charge in [-0.25, -0.2) is 0 Å². The number of halogens is 2. The van der Waals surface area contributed by atoms with Crippen molar-refractivity contribution in [3.8, 4) is 0 Å². The Morgan fingerprint density at radius 3 is 2.50 bits per heavy atom. The summed E-state index contributed by atoms with van der Waals surface area (Å²) in [7, 11) is 0. The van der Waals surface area contributed by atoms with Gasteiger partial charge in [0.2, 0.25) is 0 Å². The summed E-state index contributed by atoms with van der Waals surface area (Å²) in [4.78, 5) is 0. The molecule has 0 aliphatic rings. The third-order valence-corrected chi connectivity index (χ3v) is 2.66. The van der Waals surface area contributed by atoms with Crippen molar-refractivity contribution in [3.05, 3.63) is 32.7 Å². The standard InChI is InChI=1S/C8H8Br2/c1-2-6-5-7(9)3-4-8(6)10/h3-5H,2H2,1H3. The highest BCUT2D eigenvalue weighted by Crippen LogP contribution is 2.21. The van der Waals surface area contributed by atoms with Gasteiger partial charge < -0.3 is 0 Å². The van der Waals surface area contributed by atoms with Gasteiger partial charge in [0.25, 0.3) is 0 Å². The average molecular weight is 264 g/mol. The van der Waals surface area contributed by atoms with Gasteiger partial charge in [0.15, 0.2) is 0 Å². The Labute approximate surface area is 77.9 Å². The molecule has 10 heavy (non-hydrogen) atoms. The first-order valence-corrected chi connectivity index (χ1v) is 4.76. The smallest absolute Gasteiger partial charge is 0.0207 e. The summed E-state index contributed by atoms with van der Waals surface area (Å²) in [6.07, 6.45) is 1.07. The molecule has 1 aromatic rings. The topological polar surface area (TPSA) is 0 Å². The van der Waals surface area contributed by atoms with Crippen LogP contribution in [0.4, 0.5) is 0 Å². The van der Waals surface area contributed by atoms with Crippen molar-refractivity contribution in [2.24, 2.45) is 0 Å². The fraction of sp³-hybridized carbons (Fsp3) is 0.250. The molecule has 0 heterocycles. The van der Waals surface area contributed by atoms with Crippen LogP contribution in [0.25, 0.3) is 0 Å². The van der Waals surface area contributed by atoms with Crippen LogP contribution < -0.4 is 0 Å². The molecule has 0 saturated heterocycles. The Kier molecular flexibility index (Phi) is 2.93. The highest BCUT2D eigenvalue weighted by Gasteiger charge is 1.95. The first-order valence-electron chi connectivity index (χ1n) is 3.18. The Balaban J connectivity index is 3.09. The lowest BCUT2D eigenvalue weighted by Crippen LogP contribution is -1.80. The normalized spacial score (nSPS) is 9.90. The first kappa shape index (κ1) is 8.28. The molecule has 0 spiro atoms. The van der Waals surface area contributed by atoms with Crippen LogP contribution in [0.3, 0.4) is 0 Å². The molecule has 0 N–H and O–H groups in total. The van der Waals surface area contributed by atoms with E-state index in [-0.39, 0.29) is 0 Å². The Morgan fingerprint density at radius 2 is 2.00 bits per heavy atom. The highest BCUT2D eigenvalue weighted by molar-refractivity contribution is 9.11. The maximum atomic E-state index is 3.47. The number of hydrogen-bond acceptors (Lipinski definition) is 0. The zero-order valence-corrected chi connectivity index (χ0v) is 8.87. The second-order valence-electron chi connectivity index (χ2n) is 2.09. The SMILES string of the molecule is CCc1cc(Br)ccc1Br. The molecular formula is C8H8Br2. The van der Waals surface area contributed by atoms with E-state index >= 15 is 0 Å². The summed E-state index contributed by atoms with van der Waals surface area (Å²) >= 11 is 6.89. The molecule has 0 aromatic heterocycles. The fourth-order valence-corrected chi connectivity index (χ4v) is 1.75. The molecule has 0 bridgehead atoms. The Morgan fingerprint density at radius 1 is 1.30 bits per heavy atom. The van der Waals surface area contributed by atoms with Crippen molar-refractivity contribution < 1.29 is 0 Å². The number of hydrogen-bond donors (Lipinski definition) is 0. The summed E-state index contributed by atoms with van der Waals surface area (Å²) in [6.45, 7) is 2.15. The largest absolute Gasteiger partial charge is 0.0613 e. The minimum Gasteiger partial charge on any atom is -0.0613 e. The third-order valence-electron chi connectivity index (χ3n) is 1.39. The van der Waals surface area contributed by atoms with Crippen molar-refractivity contribution >= 4 is 31.9 Å². The third kappa shape index (κ3) is 1.83. The van der Waals surface area contributed by atoms with E-state index in [1.807, 2.05) is 6.07 Å². The van der Waals surface area contributed by atoms with Crippen LogP contribution >= 0.6 is 31.9 Å². The van der Waals surface area contributed by atoms with Crippen LogP contribution in [-0.4, -0.2) is 0 Å². The molecule has 54 valence electrons. The van der Waals surface area contributed by atoms with E-state index in [4.69, 9.17) is 0 Å². The van der Waals surface area contributed by atoms with Crippen LogP contribution in [0.15, 0.2) is 27.1 Å². The van der Waals surface area contributed by atoms with E-state index < -0.39 is 0 Å². The summed E-state index contributed by atoms with van der Waals surface area (Å²) in [6, 6.07) is 6.22. The van der Waals surface area contributed by atoms with E-state index in [0.717, 1.165) is 10.9 Å².